The van der Waals surface area contributed by atoms with Gasteiger partial charge < -0.3 is 30.7 Å². The van der Waals surface area contributed by atoms with Crippen molar-refractivity contribution >= 4 is 24.0 Å². The van der Waals surface area contributed by atoms with E-state index in [4.69, 9.17) is 9.47 Å². The summed E-state index contributed by atoms with van der Waals surface area (Å²) in [6.07, 6.45) is 1.19. The van der Waals surface area contributed by atoms with Crippen LogP contribution in [-0.2, 0) is 19.1 Å². The Hall–Kier alpha value is -2.52. The molecule has 0 radical (unpaired) electrons. The monoisotopic (exact) mass is 476 g/mol. The Labute approximate surface area is 200 Å². The van der Waals surface area contributed by atoms with Gasteiger partial charge in [0.25, 0.3) is 0 Å². The van der Waals surface area contributed by atoms with Crippen LogP contribution in [0.5, 0.6) is 0 Å². The number of hydrogen-bond acceptors (Lipinski definition) is 6. The van der Waals surface area contributed by atoms with Gasteiger partial charge in [-0.2, -0.15) is 0 Å². The molecule has 0 atom stereocenters. The predicted molar refractivity (Wildman–Crippen MR) is 131 cm³/mol. The summed E-state index contributed by atoms with van der Waals surface area (Å²) < 4.78 is 10.1. The summed E-state index contributed by atoms with van der Waals surface area (Å²) in [6, 6.07) is 0. The first-order chi connectivity index (χ1) is 14.7. The van der Waals surface area contributed by atoms with Gasteiger partial charge in [-0.25, -0.2) is 9.59 Å². The third-order valence-corrected chi connectivity index (χ3v) is 3.25. The molecule has 33 heavy (non-hydrogen) atoms. The minimum atomic E-state index is -0.482. The zero-order valence-corrected chi connectivity index (χ0v) is 21.1. The topological polar surface area (TPSA) is 135 Å². The van der Waals surface area contributed by atoms with Gasteiger partial charge in [-0.05, 0) is 68.2 Å². The van der Waals surface area contributed by atoms with Crippen LogP contribution in [0.15, 0.2) is 0 Å². The van der Waals surface area contributed by atoms with Crippen molar-refractivity contribution in [3.05, 3.63) is 0 Å². The highest BCUT2D eigenvalue weighted by atomic mass is 16.6. The van der Waals surface area contributed by atoms with Gasteiger partial charge in [0, 0.05) is 39.0 Å². The fraction of sp³-hybridized carbons (Fsp3) is 0.826. The summed E-state index contributed by atoms with van der Waals surface area (Å²) in [5.41, 5.74) is -0.965. The number of amides is 4. The minimum Gasteiger partial charge on any atom is -0.444 e. The first-order valence-electron chi connectivity index (χ1n) is 11.2. The standard InChI is InChI=1S/2C11H22N2O3.CH4/c2*1-5-12-9(14)7-6-8-13-10(15)16-11(2,3)4;/h2*5-8H2,1-4H3,(H,12,14)(H,13,15);1H4. The van der Waals surface area contributed by atoms with E-state index >= 15 is 0 Å². The van der Waals surface area contributed by atoms with Crippen molar-refractivity contribution in [2.45, 2.75) is 99.7 Å². The maximum Gasteiger partial charge on any atom is 0.407 e. The lowest BCUT2D eigenvalue weighted by molar-refractivity contribution is -0.121. The van der Waals surface area contributed by atoms with E-state index in [2.05, 4.69) is 21.3 Å². The summed E-state index contributed by atoms with van der Waals surface area (Å²) in [5.74, 6) is 0.0157. The van der Waals surface area contributed by atoms with E-state index in [9.17, 15) is 19.2 Å². The van der Waals surface area contributed by atoms with Crippen molar-refractivity contribution in [2.75, 3.05) is 26.2 Å². The molecule has 0 unspecified atom stereocenters. The number of alkyl carbamates (subject to hydrolysis) is 2. The SMILES string of the molecule is C.CCNC(=O)CCCNC(=O)OC(C)(C)C.CCNC(=O)CCCNC(=O)OC(C)(C)C. The molecule has 0 aromatic carbocycles. The average Bonchev–Trinajstić information content (AvgIpc) is 2.60. The Bertz CT molecular complexity index is 518. The maximum absolute atomic E-state index is 11.2. The molecule has 0 saturated carbocycles. The highest BCUT2D eigenvalue weighted by molar-refractivity contribution is 5.76. The average molecular weight is 477 g/mol. The van der Waals surface area contributed by atoms with Gasteiger partial charge in [0.05, 0.1) is 0 Å². The van der Waals surface area contributed by atoms with Gasteiger partial charge in [-0.1, -0.05) is 7.43 Å². The molecule has 0 aliphatic rings. The van der Waals surface area contributed by atoms with Crippen LogP contribution in [0.25, 0.3) is 0 Å². The Morgan fingerprint density at radius 1 is 0.606 bits per heavy atom. The number of rotatable bonds is 10. The van der Waals surface area contributed by atoms with E-state index in [1.54, 1.807) is 41.5 Å². The van der Waals surface area contributed by atoms with E-state index < -0.39 is 23.4 Å². The number of hydrogen-bond donors (Lipinski definition) is 4. The number of carbonyl (C=O) groups is 4. The molecule has 0 heterocycles. The van der Waals surface area contributed by atoms with Crippen molar-refractivity contribution in [2.24, 2.45) is 0 Å². The Morgan fingerprint density at radius 2 is 0.909 bits per heavy atom. The molecule has 10 nitrogen and oxygen atoms in total. The minimum absolute atomic E-state index is 0. The molecule has 0 saturated heterocycles. The molecule has 4 N–H and O–H groups in total. The molecule has 0 aliphatic carbocycles. The largest absolute Gasteiger partial charge is 0.444 e. The van der Waals surface area contributed by atoms with Gasteiger partial charge in [0.1, 0.15) is 11.2 Å². The zero-order chi connectivity index (χ0) is 25.2. The zero-order valence-electron chi connectivity index (χ0n) is 21.1. The second-order valence-corrected chi connectivity index (χ2v) is 8.97. The first-order valence-corrected chi connectivity index (χ1v) is 11.2. The van der Waals surface area contributed by atoms with Crippen molar-refractivity contribution in [3.63, 3.8) is 0 Å². The van der Waals surface area contributed by atoms with Gasteiger partial charge in [-0.3, -0.25) is 9.59 Å². The highest BCUT2D eigenvalue weighted by Crippen LogP contribution is 2.07. The van der Waals surface area contributed by atoms with Gasteiger partial charge in [0.2, 0.25) is 11.8 Å². The van der Waals surface area contributed by atoms with Crippen LogP contribution in [0, 0.1) is 0 Å². The van der Waals surface area contributed by atoms with Crippen LogP contribution in [0.3, 0.4) is 0 Å². The van der Waals surface area contributed by atoms with Crippen molar-refractivity contribution in [1.82, 2.24) is 21.3 Å². The molecule has 0 rings (SSSR count). The fourth-order valence-corrected chi connectivity index (χ4v) is 2.08. The molecule has 196 valence electrons. The molecule has 0 fully saturated rings. The molecular formula is C23H48N4O6. The van der Waals surface area contributed by atoms with Crippen LogP contribution in [0.2, 0.25) is 0 Å². The molecule has 0 aliphatic heterocycles. The number of nitrogens with one attached hydrogen (secondary N) is 4. The second-order valence-electron chi connectivity index (χ2n) is 8.97. The fourth-order valence-electron chi connectivity index (χ4n) is 2.08. The molecule has 4 amide bonds. The van der Waals surface area contributed by atoms with E-state index in [1.165, 1.54) is 0 Å². The van der Waals surface area contributed by atoms with Crippen LogP contribution in [0.1, 0.15) is 88.5 Å². The summed E-state index contributed by atoms with van der Waals surface area (Å²) in [6.45, 7) is 16.8. The molecule has 10 heteroatoms. The Balaban J connectivity index is -0.000000529. The van der Waals surface area contributed by atoms with E-state index in [1.807, 2.05) is 13.8 Å². The molecular weight excluding hydrogens is 428 g/mol. The van der Waals surface area contributed by atoms with E-state index in [-0.39, 0.29) is 19.2 Å². The Kier molecular flexibility index (Phi) is 20.2. The number of ether oxygens (including phenoxy) is 2. The first kappa shape index (κ1) is 35.1. The quantitative estimate of drug-likeness (QED) is 0.357. The van der Waals surface area contributed by atoms with Gasteiger partial charge >= 0.3 is 12.2 Å². The molecule has 0 spiro atoms. The van der Waals surface area contributed by atoms with Crippen molar-refractivity contribution in [1.29, 1.82) is 0 Å². The third-order valence-electron chi connectivity index (χ3n) is 3.25. The predicted octanol–water partition coefficient (Wildman–Crippen LogP) is 3.49. The number of carbonyl (C=O) groups excluding carboxylic acids is 4. The smallest absolute Gasteiger partial charge is 0.407 e. The van der Waals surface area contributed by atoms with Crippen molar-refractivity contribution < 1.29 is 28.7 Å². The van der Waals surface area contributed by atoms with Crippen LogP contribution in [0.4, 0.5) is 9.59 Å². The Morgan fingerprint density at radius 3 is 1.15 bits per heavy atom. The van der Waals surface area contributed by atoms with Crippen LogP contribution >= 0.6 is 0 Å². The summed E-state index contributed by atoms with van der Waals surface area (Å²) in [4.78, 5) is 44.5. The van der Waals surface area contributed by atoms with Gasteiger partial charge in [-0.15, -0.1) is 0 Å². The normalized spacial score (nSPS) is 10.4. The van der Waals surface area contributed by atoms with Gasteiger partial charge in [0.15, 0.2) is 0 Å². The van der Waals surface area contributed by atoms with Crippen molar-refractivity contribution in [3.8, 4) is 0 Å². The highest BCUT2D eigenvalue weighted by Gasteiger charge is 2.16. The molecule has 0 bridgehead atoms. The summed E-state index contributed by atoms with van der Waals surface area (Å²) in [7, 11) is 0. The second kappa shape index (κ2) is 19.0. The third kappa shape index (κ3) is 29.5. The van der Waals surface area contributed by atoms with E-state index in [0.29, 0.717) is 51.9 Å². The molecule has 0 aromatic heterocycles. The summed E-state index contributed by atoms with van der Waals surface area (Å²) >= 11 is 0. The summed E-state index contributed by atoms with van der Waals surface area (Å²) in [5, 5.41) is 10.6. The maximum atomic E-state index is 11.2. The van der Waals surface area contributed by atoms with Crippen LogP contribution < -0.4 is 21.3 Å². The lowest BCUT2D eigenvalue weighted by Gasteiger charge is -2.19. The molecule has 0 aromatic rings. The lowest BCUT2D eigenvalue weighted by Crippen LogP contribution is -2.33. The lowest BCUT2D eigenvalue weighted by atomic mass is 10.2. The van der Waals surface area contributed by atoms with E-state index in [0.717, 1.165) is 0 Å². The van der Waals surface area contributed by atoms with Crippen LogP contribution in [-0.4, -0.2) is 61.4 Å².